The Hall–Kier alpha value is -2.18. The van der Waals surface area contributed by atoms with Gasteiger partial charge in [-0.2, -0.15) is 0 Å². The predicted molar refractivity (Wildman–Crippen MR) is 103 cm³/mol. The SMILES string of the molecule is CCCCN(C)S(=O)(=O)c1ccc(C(=O)NC(C)c2ccccc2)cc1. The zero-order valence-corrected chi connectivity index (χ0v) is 16.3. The molecule has 0 radical (unpaired) electrons. The molecule has 2 rings (SSSR count). The summed E-state index contributed by atoms with van der Waals surface area (Å²) in [5.41, 5.74) is 1.44. The minimum Gasteiger partial charge on any atom is -0.346 e. The van der Waals surface area contributed by atoms with E-state index >= 15 is 0 Å². The van der Waals surface area contributed by atoms with Crippen LogP contribution in [-0.4, -0.2) is 32.2 Å². The third-order valence-corrected chi connectivity index (χ3v) is 6.17. The monoisotopic (exact) mass is 374 g/mol. The van der Waals surface area contributed by atoms with Crippen LogP contribution in [0, 0.1) is 0 Å². The van der Waals surface area contributed by atoms with E-state index in [4.69, 9.17) is 0 Å². The van der Waals surface area contributed by atoms with Crippen molar-refractivity contribution in [2.45, 2.75) is 37.6 Å². The van der Waals surface area contributed by atoms with Crippen LogP contribution < -0.4 is 5.32 Å². The van der Waals surface area contributed by atoms with Crippen LogP contribution in [-0.2, 0) is 10.0 Å². The number of nitrogens with zero attached hydrogens (tertiary/aromatic N) is 1. The number of hydrogen-bond acceptors (Lipinski definition) is 3. The molecule has 0 saturated heterocycles. The standard InChI is InChI=1S/C20H26N2O3S/c1-4-5-15-22(3)26(24,25)19-13-11-18(12-14-19)20(23)21-16(2)17-9-7-6-8-10-17/h6-14,16H,4-5,15H2,1-3H3,(H,21,23). The Morgan fingerprint density at radius 1 is 1.08 bits per heavy atom. The molecular formula is C20H26N2O3S. The van der Waals surface area contributed by atoms with E-state index in [9.17, 15) is 13.2 Å². The van der Waals surface area contributed by atoms with Crippen LogP contribution in [0.15, 0.2) is 59.5 Å². The van der Waals surface area contributed by atoms with Crippen molar-refractivity contribution in [1.29, 1.82) is 0 Å². The largest absolute Gasteiger partial charge is 0.346 e. The van der Waals surface area contributed by atoms with Gasteiger partial charge in [0.05, 0.1) is 10.9 Å². The molecule has 2 aromatic rings. The summed E-state index contributed by atoms with van der Waals surface area (Å²) in [4.78, 5) is 12.6. The minimum atomic E-state index is -3.52. The quantitative estimate of drug-likeness (QED) is 0.768. The van der Waals surface area contributed by atoms with Crippen LogP contribution in [0.5, 0.6) is 0 Å². The molecule has 1 amide bonds. The van der Waals surface area contributed by atoms with Gasteiger partial charge in [0.25, 0.3) is 5.91 Å². The van der Waals surface area contributed by atoms with Crippen molar-refractivity contribution in [1.82, 2.24) is 9.62 Å². The second kappa shape index (κ2) is 8.96. The lowest BCUT2D eigenvalue weighted by molar-refractivity contribution is 0.0940. The molecule has 0 bridgehead atoms. The van der Waals surface area contributed by atoms with Gasteiger partial charge in [0.15, 0.2) is 0 Å². The average molecular weight is 375 g/mol. The molecule has 2 aromatic carbocycles. The fourth-order valence-corrected chi connectivity index (χ4v) is 3.77. The van der Waals surface area contributed by atoms with E-state index in [-0.39, 0.29) is 16.8 Å². The third kappa shape index (κ3) is 4.93. The first-order chi connectivity index (χ1) is 12.4. The highest BCUT2D eigenvalue weighted by Crippen LogP contribution is 2.17. The van der Waals surface area contributed by atoms with Crippen molar-refractivity contribution in [3.63, 3.8) is 0 Å². The molecule has 0 spiro atoms. The molecule has 0 aromatic heterocycles. The minimum absolute atomic E-state index is 0.132. The van der Waals surface area contributed by atoms with E-state index in [0.717, 1.165) is 18.4 Å². The number of unbranched alkanes of at least 4 members (excludes halogenated alkanes) is 1. The van der Waals surface area contributed by atoms with Gasteiger partial charge in [0, 0.05) is 19.2 Å². The number of rotatable bonds is 8. The number of nitrogens with one attached hydrogen (secondary N) is 1. The Morgan fingerprint density at radius 3 is 2.27 bits per heavy atom. The van der Waals surface area contributed by atoms with E-state index < -0.39 is 10.0 Å². The van der Waals surface area contributed by atoms with E-state index in [1.807, 2.05) is 44.2 Å². The highest BCUT2D eigenvalue weighted by Gasteiger charge is 2.20. The maximum atomic E-state index is 12.5. The van der Waals surface area contributed by atoms with E-state index in [1.165, 1.54) is 16.4 Å². The van der Waals surface area contributed by atoms with Crippen LogP contribution in [0.4, 0.5) is 0 Å². The van der Waals surface area contributed by atoms with Crippen LogP contribution in [0.2, 0.25) is 0 Å². The molecule has 0 saturated carbocycles. The first-order valence-corrected chi connectivity index (χ1v) is 10.2. The average Bonchev–Trinajstić information content (AvgIpc) is 2.66. The molecule has 1 atom stereocenters. The topological polar surface area (TPSA) is 66.5 Å². The summed E-state index contributed by atoms with van der Waals surface area (Å²) in [5, 5.41) is 2.92. The molecule has 0 aliphatic carbocycles. The van der Waals surface area contributed by atoms with Crippen molar-refractivity contribution in [3.8, 4) is 0 Å². The van der Waals surface area contributed by atoms with Gasteiger partial charge in [-0.3, -0.25) is 4.79 Å². The molecule has 0 aliphatic rings. The highest BCUT2D eigenvalue weighted by atomic mass is 32.2. The van der Waals surface area contributed by atoms with E-state index in [1.54, 1.807) is 19.2 Å². The molecule has 0 aliphatic heterocycles. The van der Waals surface area contributed by atoms with Crippen LogP contribution in [0.1, 0.15) is 48.7 Å². The number of carbonyl (C=O) groups excluding carboxylic acids is 1. The lowest BCUT2D eigenvalue weighted by Gasteiger charge is -2.17. The van der Waals surface area contributed by atoms with E-state index in [0.29, 0.717) is 12.1 Å². The Kier molecular flexibility index (Phi) is 6.94. The summed E-state index contributed by atoms with van der Waals surface area (Å²) in [5.74, 6) is -0.232. The van der Waals surface area contributed by atoms with Crippen molar-refractivity contribution in [2.75, 3.05) is 13.6 Å². The molecule has 1 N–H and O–H groups in total. The number of sulfonamides is 1. The molecular weight excluding hydrogens is 348 g/mol. The van der Waals surface area contributed by atoms with Crippen molar-refractivity contribution >= 4 is 15.9 Å². The number of carbonyl (C=O) groups is 1. The normalized spacial score (nSPS) is 12.8. The van der Waals surface area contributed by atoms with Gasteiger partial charge in [-0.05, 0) is 43.2 Å². The van der Waals surface area contributed by atoms with Crippen molar-refractivity contribution in [3.05, 3.63) is 65.7 Å². The summed E-state index contributed by atoms with van der Waals surface area (Å²) < 4.78 is 26.4. The summed E-state index contributed by atoms with van der Waals surface area (Å²) >= 11 is 0. The van der Waals surface area contributed by atoms with Crippen molar-refractivity contribution < 1.29 is 13.2 Å². The Bertz CT molecular complexity index is 818. The zero-order valence-electron chi connectivity index (χ0n) is 15.5. The van der Waals surface area contributed by atoms with Crippen LogP contribution in [0.25, 0.3) is 0 Å². The Labute approximate surface area is 156 Å². The molecule has 0 fully saturated rings. The van der Waals surface area contributed by atoms with Crippen LogP contribution in [0.3, 0.4) is 0 Å². The summed E-state index contributed by atoms with van der Waals surface area (Å²) in [6.07, 6.45) is 1.74. The van der Waals surface area contributed by atoms with Gasteiger partial charge in [-0.25, -0.2) is 12.7 Å². The fourth-order valence-electron chi connectivity index (χ4n) is 2.56. The highest BCUT2D eigenvalue weighted by molar-refractivity contribution is 7.89. The molecule has 1 unspecified atom stereocenters. The van der Waals surface area contributed by atoms with E-state index in [2.05, 4.69) is 5.32 Å². The Morgan fingerprint density at radius 2 is 1.69 bits per heavy atom. The summed E-state index contributed by atoms with van der Waals surface area (Å²) in [6.45, 7) is 4.41. The fraction of sp³-hybridized carbons (Fsp3) is 0.350. The maximum Gasteiger partial charge on any atom is 0.251 e. The first kappa shape index (κ1) is 20.1. The van der Waals surface area contributed by atoms with Gasteiger partial charge >= 0.3 is 0 Å². The van der Waals surface area contributed by atoms with Gasteiger partial charge in [-0.15, -0.1) is 0 Å². The van der Waals surface area contributed by atoms with Crippen molar-refractivity contribution in [2.24, 2.45) is 0 Å². The second-order valence-corrected chi connectivity index (χ2v) is 8.36. The lowest BCUT2D eigenvalue weighted by atomic mass is 10.1. The maximum absolute atomic E-state index is 12.5. The van der Waals surface area contributed by atoms with Gasteiger partial charge in [0.1, 0.15) is 0 Å². The second-order valence-electron chi connectivity index (χ2n) is 6.31. The molecule has 26 heavy (non-hydrogen) atoms. The third-order valence-electron chi connectivity index (χ3n) is 4.30. The number of benzene rings is 2. The van der Waals surface area contributed by atoms with Gasteiger partial charge in [0.2, 0.25) is 10.0 Å². The van der Waals surface area contributed by atoms with Gasteiger partial charge < -0.3 is 5.32 Å². The van der Waals surface area contributed by atoms with Gasteiger partial charge in [-0.1, -0.05) is 43.7 Å². The number of hydrogen-bond donors (Lipinski definition) is 1. The zero-order chi connectivity index (χ0) is 19.2. The first-order valence-electron chi connectivity index (χ1n) is 8.78. The predicted octanol–water partition coefficient (Wildman–Crippen LogP) is 3.60. The molecule has 140 valence electrons. The van der Waals surface area contributed by atoms with Crippen LogP contribution >= 0.6 is 0 Å². The molecule has 6 heteroatoms. The summed E-state index contributed by atoms with van der Waals surface area (Å²) in [6, 6.07) is 15.6. The Balaban J connectivity index is 2.07. The lowest BCUT2D eigenvalue weighted by Crippen LogP contribution is -2.28. The molecule has 5 nitrogen and oxygen atoms in total. The summed E-state index contributed by atoms with van der Waals surface area (Å²) in [7, 11) is -1.94. The smallest absolute Gasteiger partial charge is 0.251 e. The number of amides is 1. The molecule has 0 heterocycles.